The Balaban J connectivity index is 1.92. The van der Waals surface area contributed by atoms with Crippen molar-refractivity contribution >= 4 is 34.6 Å². The third-order valence-electron chi connectivity index (χ3n) is 3.70. The summed E-state index contributed by atoms with van der Waals surface area (Å²) in [5, 5.41) is 0.678. The summed E-state index contributed by atoms with van der Waals surface area (Å²) in [7, 11) is 0. The molecular weight excluding hydrogens is 344 g/mol. The maximum atomic E-state index is 12.7. The van der Waals surface area contributed by atoms with Gasteiger partial charge in [-0.1, -0.05) is 42.3 Å². The van der Waals surface area contributed by atoms with E-state index >= 15 is 0 Å². The van der Waals surface area contributed by atoms with Crippen LogP contribution in [0.5, 0.6) is 5.75 Å². The van der Waals surface area contributed by atoms with E-state index in [1.54, 1.807) is 4.90 Å². The molecule has 1 aliphatic rings. The molecule has 0 unspecified atom stereocenters. The number of likely N-dealkylation sites (N-methyl/N-ethyl adjacent to an activating group) is 1. The molecule has 0 N–H and O–H groups in total. The Labute approximate surface area is 157 Å². The number of carbonyl (C=O) groups excluding carboxylic acids is 1. The number of aliphatic imine (C=N–C) groups is 1. The Morgan fingerprint density at radius 3 is 2.65 bits per heavy atom. The Kier molecular flexibility index (Phi) is 5.77. The van der Waals surface area contributed by atoms with Crippen LogP contribution in [0.3, 0.4) is 0 Å². The highest BCUT2D eigenvalue weighted by atomic mass is 32.2. The summed E-state index contributed by atoms with van der Waals surface area (Å²) in [6, 6.07) is 17.1. The fraction of sp³-hybridized carbons (Fsp3) is 0.143. The van der Waals surface area contributed by atoms with Crippen LogP contribution in [-0.4, -0.2) is 29.1 Å². The van der Waals surface area contributed by atoms with Crippen molar-refractivity contribution in [3.63, 3.8) is 0 Å². The molecule has 1 fully saturated rings. The van der Waals surface area contributed by atoms with E-state index in [2.05, 4.69) is 10.9 Å². The number of terminal acetylenes is 1. The zero-order valence-corrected chi connectivity index (χ0v) is 15.2. The molecule has 0 spiro atoms. The van der Waals surface area contributed by atoms with Gasteiger partial charge in [-0.2, -0.15) is 0 Å². The highest BCUT2D eigenvalue weighted by molar-refractivity contribution is 8.18. The van der Waals surface area contributed by atoms with Gasteiger partial charge >= 0.3 is 0 Å². The first-order chi connectivity index (χ1) is 12.7. The van der Waals surface area contributed by atoms with Crippen LogP contribution in [0.2, 0.25) is 0 Å². The molecule has 26 heavy (non-hydrogen) atoms. The highest BCUT2D eigenvalue weighted by Crippen LogP contribution is 2.35. The van der Waals surface area contributed by atoms with Crippen molar-refractivity contribution in [1.82, 2.24) is 4.90 Å². The maximum Gasteiger partial charge on any atom is 0.266 e. The van der Waals surface area contributed by atoms with Crippen molar-refractivity contribution in [1.29, 1.82) is 0 Å². The molecule has 1 aliphatic heterocycles. The summed E-state index contributed by atoms with van der Waals surface area (Å²) in [5.74, 6) is 3.05. The van der Waals surface area contributed by atoms with Gasteiger partial charge in [0, 0.05) is 12.1 Å². The number of rotatable bonds is 5. The first-order valence-electron chi connectivity index (χ1n) is 8.23. The minimum atomic E-state index is -0.0565. The molecule has 4 nitrogen and oxygen atoms in total. The molecule has 1 heterocycles. The number of hydrogen-bond donors (Lipinski definition) is 0. The molecule has 3 rings (SSSR count). The standard InChI is InChI=1S/C21H18N2O2S/c1-3-14-25-18-13-9-8-10-16(18)15-19-20(24)23(4-2)21(26-19)22-17-11-6-5-7-12-17/h1,5-13,15H,4,14H2,2H3/b19-15+,22-21?. The largest absolute Gasteiger partial charge is 0.480 e. The van der Waals surface area contributed by atoms with Gasteiger partial charge in [0.05, 0.1) is 10.6 Å². The van der Waals surface area contributed by atoms with E-state index in [1.807, 2.05) is 67.6 Å². The second kappa shape index (κ2) is 8.41. The number of amides is 1. The summed E-state index contributed by atoms with van der Waals surface area (Å²) in [5.41, 5.74) is 1.64. The first kappa shape index (κ1) is 17.8. The number of thioether (sulfide) groups is 1. The van der Waals surface area contributed by atoms with E-state index in [0.29, 0.717) is 22.4 Å². The molecule has 2 aromatic carbocycles. The molecule has 0 aromatic heterocycles. The normalized spacial score (nSPS) is 16.9. The maximum absolute atomic E-state index is 12.7. The summed E-state index contributed by atoms with van der Waals surface area (Å²) in [4.78, 5) is 19.6. The van der Waals surface area contributed by atoms with Gasteiger partial charge in [-0.05, 0) is 43.0 Å². The fourth-order valence-corrected chi connectivity index (χ4v) is 3.53. The summed E-state index contributed by atoms with van der Waals surface area (Å²) in [6.07, 6.45) is 7.10. The molecule has 130 valence electrons. The topological polar surface area (TPSA) is 41.9 Å². The molecule has 1 amide bonds. The summed E-state index contributed by atoms with van der Waals surface area (Å²) >= 11 is 1.37. The number of amidine groups is 1. The number of benzene rings is 2. The van der Waals surface area contributed by atoms with Gasteiger partial charge < -0.3 is 4.74 Å². The minimum Gasteiger partial charge on any atom is -0.480 e. The average Bonchev–Trinajstić information content (AvgIpc) is 2.96. The van der Waals surface area contributed by atoms with Crippen LogP contribution in [0.4, 0.5) is 5.69 Å². The highest BCUT2D eigenvalue weighted by Gasteiger charge is 2.32. The van der Waals surface area contributed by atoms with Crippen molar-refractivity contribution in [3.8, 4) is 18.1 Å². The lowest BCUT2D eigenvalue weighted by atomic mass is 10.2. The number of ether oxygens (including phenoxy) is 1. The van der Waals surface area contributed by atoms with E-state index in [9.17, 15) is 4.79 Å². The van der Waals surface area contributed by atoms with Gasteiger partial charge in [-0.3, -0.25) is 9.69 Å². The van der Waals surface area contributed by atoms with Gasteiger partial charge in [-0.15, -0.1) is 6.42 Å². The van der Waals surface area contributed by atoms with Crippen molar-refractivity contribution in [3.05, 3.63) is 65.1 Å². The smallest absolute Gasteiger partial charge is 0.266 e. The SMILES string of the molecule is C#CCOc1ccccc1/C=C1/SC(=Nc2ccccc2)N(CC)C1=O. The van der Waals surface area contributed by atoms with Crippen LogP contribution < -0.4 is 4.74 Å². The Morgan fingerprint density at radius 2 is 1.92 bits per heavy atom. The number of nitrogens with zero attached hydrogens (tertiary/aromatic N) is 2. The van der Waals surface area contributed by atoms with Crippen LogP contribution in [0.25, 0.3) is 6.08 Å². The summed E-state index contributed by atoms with van der Waals surface area (Å²) < 4.78 is 5.56. The van der Waals surface area contributed by atoms with E-state index in [0.717, 1.165) is 11.3 Å². The predicted molar refractivity (Wildman–Crippen MR) is 107 cm³/mol. The molecule has 0 aliphatic carbocycles. The van der Waals surface area contributed by atoms with Gasteiger partial charge in [0.15, 0.2) is 5.17 Å². The van der Waals surface area contributed by atoms with Crippen molar-refractivity contribution in [2.75, 3.05) is 13.2 Å². The van der Waals surface area contributed by atoms with Crippen LogP contribution in [-0.2, 0) is 4.79 Å². The predicted octanol–water partition coefficient (Wildman–Crippen LogP) is 4.32. The van der Waals surface area contributed by atoms with Gasteiger partial charge in [0.2, 0.25) is 0 Å². The second-order valence-corrected chi connectivity index (χ2v) is 6.43. The molecule has 0 radical (unpaired) electrons. The lowest BCUT2D eigenvalue weighted by Crippen LogP contribution is -2.28. The molecule has 0 bridgehead atoms. The third-order valence-corrected chi connectivity index (χ3v) is 4.71. The van der Waals surface area contributed by atoms with Gasteiger partial charge in [0.25, 0.3) is 5.91 Å². The lowest BCUT2D eigenvalue weighted by Gasteiger charge is -2.12. The van der Waals surface area contributed by atoms with Gasteiger partial charge in [-0.25, -0.2) is 4.99 Å². The van der Waals surface area contributed by atoms with E-state index < -0.39 is 0 Å². The number of carbonyl (C=O) groups is 1. The van der Waals surface area contributed by atoms with Crippen LogP contribution >= 0.6 is 11.8 Å². The second-order valence-electron chi connectivity index (χ2n) is 5.42. The molecule has 5 heteroatoms. The average molecular weight is 362 g/mol. The molecule has 0 saturated carbocycles. The monoisotopic (exact) mass is 362 g/mol. The Hall–Kier alpha value is -2.97. The lowest BCUT2D eigenvalue weighted by molar-refractivity contribution is -0.122. The zero-order valence-electron chi connectivity index (χ0n) is 14.4. The molecule has 1 saturated heterocycles. The molecule has 2 aromatic rings. The Morgan fingerprint density at radius 1 is 1.19 bits per heavy atom. The van der Waals surface area contributed by atoms with Crippen LogP contribution in [0.15, 0.2) is 64.5 Å². The molecular formula is C21H18N2O2S. The minimum absolute atomic E-state index is 0.0565. The first-order valence-corrected chi connectivity index (χ1v) is 9.05. The van der Waals surface area contributed by atoms with Gasteiger partial charge in [0.1, 0.15) is 12.4 Å². The third kappa shape index (κ3) is 3.98. The van der Waals surface area contributed by atoms with E-state index in [-0.39, 0.29) is 12.5 Å². The van der Waals surface area contributed by atoms with Crippen molar-refractivity contribution in [2.24, 2.45) is 4.99 Å². The number of para-hydroxylation sites is 2. The van der Waals surface area contributed by atoms with Crippen LogP contribution in [0.1, 0.15) is 12.5 Å². The number of hydrogen-bond acceptors (Lipinski definition) is 4. The zero-order chi connectivity index (χ0) is 18.4. The Bertz CT molecular complexity index is 898. The molecule has 0 atom stereocenters. The summed E-state index contributed by atoms with van der Waals surface area (Å²) in [6.45, 7) is 2.68. The van der Waals surface area contributed by atoms with E-state index in [1.165, 1.54) is 11.8 Å². The quantitative estimate of drug-likeness (QED) is 0.587. The van der Waals surface area contributed by atoms with E-state index in [4.69, 9.17) is 11.2 Å². The van der Waals surface area contributed by atoms with Crippen molar-refractivity contribution < 1.29 is 9.53 Å². The van der Waals surface area contributed by atoms with Crippen LogP contribution in [0, 0.1) is 12.3 Å². The van der Waals surface area contributed by atoms with Crippen molar-refractivity contribution in [2.45, 2.75) is 6.92 Å². The fourth-order valence-electron chi connectivity index (χ4n) is 2.48.